The van der Waals surface area contributed by atoms with Gasteiger partial charge in [0.25, 0.3) is 0 Å². The van der Waals surface area contributed by atoms with Crippen LogP contribution in [0.4, 0.5) is 0 Å². The van der Waals surface area contributed by atoms with E-state index in [4.69, 9.17) is 11.5 Å². The highest BCUT2D eigenvalue weighted by Crippen LogP contribution is 2.27. The molecule has 8 N–H and O–H groups in total. The van der Waals surface area contributed by atoms with E-state index in [9.17, 15) is 24.9 Å². The van der Waals surface area contributed by atoms with Crippen LogP contribution in [0.15, 0.2) is 4.99 Å². The van der Waals surface area contributed by atoms with Crippen LogP contribution in [0.1, 0.15) is 39.0 Å². The van der Waals surface area contributed by atoms with E-state index in [-0.39, 0.29) is 24.8 Å². The molecule has 0 radical (unpaired) electrons. The zero-order chi connectivity index (χ0) is 17.6. The summed E-state index contributed by atoms with van der Waals surface area (Å²) in [5.41, 5.74) is 9.17. The molecule has 0 aliphatic carbocycles. The minimum atomic E-state index is -1.25. The molecule has 1 rings (SSSR count). The highest BCUT2D eigenvalue weighted by molar-refractivity contribution is 5.78. The Morgan fingerprint density at radius 2 is 2.04 bits per heavy atom. The molecule has 1 saturated heterocycles. The van der Waals surface area contributed by atoms with Crippen LogP contribution in [0.25, 0.3) is 0 Å². The third-order valence-electron chi connectivity index (χ3n) is 4.12. The van der Waals surface area contributed by atoms with Crippen molar-refractivity contribution in [2.45, 2.75) is 56.7 Å². The van der Waals surface area contributed by atoms with Crippen molar-refractivity contribution in [1.29, 1.82) is 0 Å². The Hall–Kier alpha value is -1.87. The van der Waals surface area contributed by atoms with Gasteiger partial charge in [0.2, 0.25) is 0 Å². The average Bonchev–Trinajstić information content (AvgIpc) is 2.40. The van der Waals surface area contributed by atoms with Gasteiger partial charge in [-0.3, -0.25) is 19.9 Å². The van der Waals surface area contributed by atoms with Gasteiger partial charge in [-0.1, -0.05) is 0 Å². The van der Waals surface area contributed by atoms with Gasteiger partial charge in [0.15, 0.2) is 5.96 Å². The Kier molecular flexibility index (Phi) is 6.77. The van der Waals surface area contributed by atoms with Crippen molar-refractivity contribution in [1.82, 2.24) is 5.32 Å². The summed E-state index contributed by atoms with van der Waals surface area (Å²) in [4.78, 5) is 26.5. The van der Waals surface area contributed by atoms with Gasteiger partial charge in [-0.25, -0.2) is 0 Å². The van der Waals surface area contributed by atoms with Crippen LogP contribution in [0.3, 0.4) is 0 Å². The summed E-state index contributed by atoms with van der Waals surface area (Å²) in [7, 11) is 0. The van der Waals surface area contributed by atoms with Gasteiger partial charge < -0.3 is 26.8 Å². The molecule has 23 heavy (non-hydrogen) atoms. The number of aliphatic carboxylic acids is 2. The molecule has 4 atom stereocenters. The standard InChI is InChI=1S/C14H26N4O5/c1-14(12(22)23)7-10(19)6-9(18-14)5-8(11(20)21)3-2-4-17-13(15)16/h8-10,18-19H,2-7H2,1H3,(H,20,21)(H,22,23)(H4,15,16,17)/t8-,9+,10+,14-/m0/s1. The fourth-order valence-corrected chi connectivity index (χ4v) is 2.99. The number of carboxylic acids is 2. The highest BCUT2D eigenvalue weighted by atomic mass is 16.4. The zero-order valence-corrected chi connectivity index (χ0v) is 13.2. The molecule has 0 saturated carbocycles. The normalized spacial score (nSPS) is 28.8. The van der Waals surface area contributed by atoms with Gasteiger partial charge in [0.05, 0.1) is 12.0 Å². The maximum absolute atomic E-state index is 11.4. The smallest absolute Gasteiger partial charge is 0.323 e. The van der Waals surface area contributed by atoms with Crippen LogP contribution in [0, 0.1) is 5.92 Å². The van der Waals surface area contributed by atoms with E-state index in [1.165, 1.54) is 6.92 Å². The van der Waals surface area contributed by atoms with Crippen LogP contribution >= 0.6 is 0 Å². The van der Waals surface area contributed by atoms with Gasteiger partial charge in [-0.05, 0) is 32.6 Å². The number of nitrogens with one attached hydrogen (secondary N) is 1. The van der Waals surface area contributed by atoms with Crippen LogP contribution in [-0.4, -0.2) is 57.4 Å². The molecule has 0 aromatic heterocycles. The summed E-state index contributed by atoms with van der Waals surface area (Å²) >= 11 is 0. The van der Waals surface area contributed by atoms with Gasteiger partial charge in [-0.15, -0.1) is 0 Å². The number of carboxylic acid groups (broad SMARTS) is 2. The Bertz CT molecular complexity index is 466. The van der Waals surface area contributed by atoms with E-state index in [1.807, 2.05) is 0 Å². The van der Waals surface area contributed by atoms with Crippen molar-refractivity contribution in [3.05, 3.63) is 0 Å². The van der Waals surface area contributed by atoms with Gasteiger partial charge in [0.1, 0.15) is 5.54 Å². The largest absolute Gasteiger partial charge is 0.481 e. The molecule has 1 aliphatic heterocycles. The molecule has 0 bridgehead atoms. The highest BCUT2D eigenvalue weighted by Gasteiger charge is 2.42. The SMILES string of the molecule is C[C@@]1(C(=O)O)C[C@H](O)C[C@@H](C[C@H](CCCN=C(N)N)C(=O)O)N1. The zero-order valence-electron chi connectivity index (χ0n) is 13.2. The second-order valence-electron chi connectivity index (χ2n) is 6.29. The van der Waals surface area contributed by atoms with Crippen LogP contribution < -0.4 is 16.8 Å². The van der Waals surface area contributed by atoms with Crippen molar-refractivity contribution >= 4 is 17.9 Å². The van der Waals surface area contributed by atoms with Crippen molar-refractivity contribution < 1.29 is 24.9 Å². The van der Waals surface area contributed by atoms with Crippen LogP contribution in [-0.2, 0) is 9.59 Å². The molecule has 9 nitrogen and oxygen atoms in total. The first-order valence-electron chi connectivity index (χ1n) is 7.61. The number of carbonyl (C=O) groups is 2. The Labute approximate surface area is 134 Å². The fraction of sp³-hybridized carbons (Fsp3) is 0.786. The molecule has 1 heterocycles. The molecular weight excluding hydrogens is 304 g/mol. The molecule has 0 aromatic rings. The van der Waals surface area contributed by atoms with Crippen molar-refractivity contribution in [3.63, 3.8) is 0 Å². The summed E-state index contributed by atoms with van der Waals surface area (Å²) < 4.78 is 0. The Morgan fingerprint density at radius 3 is 2.57 bits per heavy atom. The van der Waals surface area contributed by atoms with Gasteiger partial charge in [-0.2, -0.15) is 0 Å². The van der Waals surface area contributed by atoms with E-state index in [2.05, 4.69) is 10.3 Å². The number of guanidine groups is 1. The van der Waals surface area contributed by atoms with Crippen LogP contribution in [0.5, 0.6) is 0 Å². The van der Waals surface area contributed by atoms with E-state index < -0.39 is 29.5 Å². The van der Waals surface area contributed by atoms with E-state index in [0.29, 0.717) is 25.8 Å². The van der Waals surface area contributed by atoms with E-state index >= 15 is 0 Å². The molecule has 0 amide bonds. The predicted molar refractivity (Wildman–Crippen MR) is 83.9 cm³/mol. The summed E-state index contributed by atoms with van der Waals surface area (Å²) in [6.07, 6.45) is 0.807. The first-order chi connectivity index (χ1) is 10.6. The Balaban J connectivity index is 2.63. The number of hydrogen-bond acceptors (Lipinski definition) is 5. The number of rotatable bonds is 8. The second kappa shape index (κ2) is 8.11. The summed E-state index contributed by atoms with van der Waals surface area (Å²) in [6, 6.07) is -0.371. The molecule has 132 valence electrons. The minimum Gasteiger partial charge on any atom is -0.481 e. The maximum Gasteiger partial charge on any atom is 0.323 e. The maximum atomic E-state index is 11.4. The topological polar surface area (TPSA) is 171 Å². The average molecular weight is 330 g/mol. The number of aliphatic hydroxyl groups is 1. The molecule has 0 aromatic carbocycles. The number of aliphatic imine (C=N–C) groups is 1. The monoisotopic (exact) mass is 330 g/mol. The summed E-state index contributed by atoms with van der Waals surface area (Å²) in [5, 5.41) is 31.5. The first-order valence-corrected chi connectivity index (χ1v) is 7.61. The quantitative estimate of drug-likeness (QED) is 0.188. The molecule has 9 heteroatoms. The van der Waals surface area contributed by atoms with E-state index in [1.54, 1.807) is 0 Å². The lowest BCUT2D eigenvalue weighted by atomic mass is 9.82. The van der Waals surface area contributed by atoms with Crippen molar-refractivity contribution in [2.75, 3.05) is 6.54 Å². The van der Waals surface area contributed by atoms with Crippen LogP contribution in [0.2, 0.25) is 0 Å². The Morgan fingerprint density at radius 1 is 1.39 bits per heavy atom. The molecular formula is C14H26N4O5. The summed E-state index contributed by atoms with van der Waals surface area (Å²) in [5.74, 6) is -2.69. The molecule has 1 fully saturated rings. The number of aliphatic hydroxyl groups excluding tert-OH is 1. The van der Waals surface area contributed by atoms with Crippen molar-refractivity contribution in [3.8, 4) is 0 Å². The molecule has 0 spiro atoms. The third kappa shape index (κ3) is 6.03. The van der Waals surface area contributed by atoms with Gasteiger partial charge in [0, 0.05) is 19.0 Å². The number of piperidine rings is 1. The summed E-state index contributed by atoms with van der Waals surface area (Å²) in [6.45, 7) is 1.85. The third-order valence-corrected chi connectivity index (χ3v) is 4.12. The lowest BCUT2D eigenvalue weighted by Gasteiger charge is -2.40. The molecule has 1 aliphatic rings. The fourth-order valence-electron chi connectivity index (χ4n) is 2.99. The van der Waals surface area contributed by atoms with Crippen molar-refractivity contribution in [2.24, 2.45) is 22.4 Å². The van der Waals surface area contributed by atoms with Gasteiger partial charge >= 0.3 is 11.9 Å². The second-order valence-corrected chi connectivity index (χ2v) is 6.29. The van der Waals surface area contributed by atoms with E-state index in [0.717, 1.165) is 0 Å². The number of nitrogens with zero attached hydrogens (tertiary/aromatic N) is 1. The lowest BCUT2D eigenvalue weighted by molar-refractivity contribution is -0.148. The number of hydrogen-bond donors (Lipinski definition) is 6. The minimum absolute atomic E-state index is 0.0360. The predicted octanol–water partition coefficient (Wildman–Crippen LogP) is -0.913. The lowest BCUT2D eigenvalue weighted by Crippen LogP contribution is -2.60. The number of nitrogens with two attached hydrogens (primary N) is 2. The first kappa shape index (κ1) is 19.2. The molecule has 0 unspecified atom stereocenters.